The molecule has 0 saturated heterocycles. The monoisotopic (exact) mass is 278 g/mol. The molecular formula is C16H26N2O2. The summed E-state index contributed by atoms with van der Waals surface area (Å²) in [6.07, 6.45) is 3.22. The van der Waals surface area contributed by atoms with Gasteiger partial charge in [-0.25, -0.2) is 0 Å². The fourth-order valence-corrected chi connectivity index (χ4v) is 1.40. The van der Waals surface area contributed by atoms with Crippen molar-refractivity contribution >= 4 is 12.2 Å². The topological polar surface area (TPSA) is 64.7 Å². The van der Waals surface area contributed by atoms with E-state index >= 15 is 0 Å². The lowest BCUT2D eigenvalue weighted by molar-refractivity contribution is -0.138. The van der Waals surface area contributed by atoms with E-state index in [1.54, 1.807) is 0 Å². The van der Waals surface area contributed by atoms with E-state index in [4.69, 9.17) is 5.84 Å². The normalized spacial score (nSPS) is 11.3. The summed E-state index contributed by atoms with van der Waals surface area (Å²) in [7, 11) is 0. The Bertz CT molecular complexity index is 395. The molecule has 1 rings (SSSR count). The van der Waals surface area contributed by atoms with Crippen LogP contribution in [0.3, 0.4) is 0 Å². The van der Waals surface area contributed by atoms with Crippen LogP contribution in [0.4, 0.5) is 0 Å². The molecule has 0 heterocycles. The Hall–Kier alpha value is -1.84. The third-order valence-electron chi connectivity index (χ3n) is 2.47. The Labute approximate surface area is 122 Å². The van der Waals surface area contributed by atoms with Gasteiger partial charge in [-0.2, -0.15) is 5.10 Å². The number of nitrogens with two attached hydrogens (primary N) is 1. The maximum Gasteiger partial charge on any atom is 0.293 e. The second kappa shape index (κ2) is 10.0. The lowest BCUT2D eigenvalue weighted by atomic mass is 10.1. The van der Waals surface area contributed by atoms with Crippen LogP contribution in [-0.4, -0.2) is 17.8 Å². The highest BCUT2D eigenvalue weighted by Crippen LogP contribution is 2.04. The molecule has 0 aliphatic rings. The van der Waals surface area contributed by atoms with E-state index in [0.29, 0.717) is 6.47 Å². The van der Waals surface area contributed by atoms with Crippen LogP contribution < -0.4 is 5.84 Å². The van der Waals surface area contributed by atoms with Gasteiger partial charge in [-0.3, -0.25) is 4.79 Å². The van der Waals surface area contributed by atoms with Gasteiger partial charge in [0, 0.05) is 5.71 Å². The first-order valence-electron chi connectivity index (χ1n) is 6.78. The lowest BCUT2D eigenvalue weighted by Gasteiger charge is -2.14. The fourth-order valence-electron chi connectivity index (χ4n) is 1.40. The summed E-state index contributed by atoms with van der Waals surface area (Å²) in [6.45, 7) is 7.88. The smallest absolute Gasteiger partial charge is 0.293 e. The van der Waals surface area contributed by atoms with E-state index in [0.717, 1.165) is 25.0 Å². The van der Waals surface area contributed by atoms with Crippen LogP contribution in [0.25, 0.3) is 0 Å². The summed E-state index contributed by atoms with van der Waals surface area (Å²) in [6, 6.07) is 10.5. The molecule has 4 nitrogen and oxygen atoms in total. The lowest BCUT2D eigenvalue weighted by Crippen LogP contribution is -2.17. The summed E-state index contributed by atoms with van der Waals surface area (Å²) in [5.74, 6) is 5.14. The number of hydrazone groups is 1. The van der Waals surface area contributed by atoms with Crippen molar-refractivity contribution < 1.29 is 9.53 Å². The van der Waals surface area contributed by atoms with Crippen molar-refractivity contribution in [1.29, 1.82) is 0 Å². The molecule has 20 heavy (non-hydrogen) atoms. The molecule has 0 aromatic heterocycles. The van der Waals surface area contributed by atoms with Gasteiger partial charge in [0.2, 0.25) is 0 Å². The highest BCUT2D eigenvalue weighted by atomic mass is 16.5. The van der Waals surface area contributed by atoms with Gasteiger partial charge >= 0.3 is 0 Å². The number of hydrogen-bond acceptors (Lipinski definition) is 4. The minimum Gasteiger partial charge on any atom is -0.462 e. The molecule has 0 amide bonds. The Morgan fingerprint density at radius 3 is 2.30 bits per heavy atom. The number of benzene rings is 1. The molecule has 0 fully saturated rings. The van der Waals surface area contributed by atoms with Crippen LogP contribution >= 0.6 is 0 Å². The molecule has 0 aliphatic heterocycles. The molecule has 2 N–H and O–H groups in total. The number of hydrogen-bond donors (Lipinski definition) is 1. The van der Waals surface area contributed by atoms with Gasteiger partial charge in [0.15, 0.2) is 0 Å². The highest BCUT2D eigenvalue weighted by molar-refractivity contribution is 5.81. The van der Waals surface area contributed by atoms with Crippen molar-refractivity contribution in [3.05, 3.63) is 35.9 Å². The first-order chi connectivity index (χ1) is 9.39. The average Bonchev–Trinajstić information content (AvgIpc) is 2.39. The van der Waals surface area contributed by atoms with Gasteiger partial charge in [0.25, 0.3) is 6.47 Å². The number of rotatable bonds is 5. The van der Waals surface area contributed by atoms with Gasteiger partial charge in [-0.15, -0.1) is 0 Å². The predicted octanol–water partition coefficient (Wildman–Crippen LogP) is 3.30. The summed E-state index contributed by atoms with van der Waals surface area (Å²) in [4.78, 5) is 9.60. The first kappa shape index (κ1) is 18.2. The Morgan fingerprint density at radius 2 is 1.90 bits per heavy atom. The molecular weight excluding hydrogens is 252 g/mol. The summed E-state index contributed by atoms with van der Waals surface area (Å²) >= 11 is 0. The third kappa shape index (κ3) is 11.3. The zero-order valence-electron chi connectivity index (χ0n) is 12.9. The number of carbonyl (C=O) groups is 1. The van der Waals surface area contributed by atoms with Gasteiger partial charge in [0.05, 0.1) is 0 Å². The molecule has 1 aromatic carbocycles. The third-order valence-corrected chi connectivity index (χ3v) is 2.47. The number of ether oxygens (including phenoxy) is 1. The molecule has 0 saturated carbocycles. The van der Waals surface area contributed by atoms with E-state index in [1.165, 1.54) is 5.56 Å². The number of aryl methyl sites for hydroxylation is 1. The predicted molar refractivity (Wildman–Crippen MR) is 83.6 cm³/mol. The molecule has 4 heteroatoms. The zero-order chi connectivity index (χ0) is 15.4. The fraction of sp³-hybridized carbons (Fsp3) is 0.500. The molecule has 0 unspecified atom stereocenters. The highest BCUT2D eigenvalue weighted by Gasteiger charge is 2.07. The maximum atomic E-state index is 9.60. The Balaban J connectivity index is 0.000000441. The van der Waals surface area contributed by atoms with E-state index in [-0.39, 0.29) is 5.60 Å². The molecule has 0 aliphatic carbocycles. The Kier molecular flexibility index (Phi) is 9.09. The summed E-state index contributed by atoms with van der Waals surface area (Å²) < 4.78 is 4.55. The van der Waals surface area contributed by atoms with Crippen LogP contribution in [0, 0.1) is 0 Å². The van der Waals surface area contributed by atoms with Crippen molar-refractivity contribution in [3.63, 3.8) is 0 Å². The first-order valence-corrected chi connectivity index (χ1v) is 6.78. The average molecular weight is 278 g/mol. The van der Waals surface area contributed by atoms with Crippen LogP contribution in [0.1, 0.15) is 46.1 Å². The van der Waals surface area contributed by atoms with Crippen LogP contribution in [0.5, 0.6) is 0 Å². The summed E-state index contributed by atoms with van der Waals surface area (Å²) in [5, 5.41) is 3.64. The second-order valence-electron chi connectivity index (χ2n) is 5.53. The Morgan fingerprint density at radius 1 is 1.30 bits per heavy atom. The molecule has 1 aromatic rings. The van der Waals surface area contributed by atoms with Crippen molar-refractivity contribution in [3.8, 4) is 0 Å². The van der Waals surface area contributed by atoms with Crippen molar-refractivity contribution in [2.45, 2.75) is 52.6 Å². The molecule has 0 radical (unpaired) electrons. The van der Waals surface area contributed by atoms with E-state index in [1.807, 2.05) is 33.8 Å². The molecule has 0 atom stereocenters. The van der Waals surface area contributed by atoms with Gasteiger partial charge in [-0.1, -0.05) is 30.3 Å². The van der Waals surface area contributed by atoms with Crippen molar-refractivity contribution in [1.82, 2.24) is 0 Å². The van der Waals surface area contributed by atoms with Crippen molar-refractivity contribution in [2.75, 3.05) is 0 Å². The molecule has 0 bridgehead atoms. The van der Waals surface area contributed by atoms with Gasteiger partial charge in [0.1, 0.15) is 5.60 Å². The standard InChI is InChI=1S/C11H16N2.C5H10O2/c1-10(13-12)6-5-9-11-7-3-2-4-8-11;1-5(2,3)7-4-6/h2-4,7-8H,5-6,9,12H2,1H3;4H,1-3H3. The van der Waals surface area contributed by atoms with Crippen LogP contribution in [0.15, 0.2) is 35.4 Å². The number of nitrogens with zero attached hydrogens (tertiary/aromatic N) is 1. The van der Waals surface area contributed by atoms with Gasteiger partial charge < -0.3 is 10.6 Å². The molecule has 0 spiro atoms. The SMILES string of the molecule is CC(C)(C)OC=O.CC(CCCc1ccccc1)=NN. The second-order valence-corrected chi connectivity index (χ2v) is 5.53. The zero-order valence-corrected chi connectivity index (χ0v) is 12.9. The summed E-state index contributed by atoms with van der Waals surface area (Å²) in [5.41, 5.74) is 2.09. The van der Waals surface area contributed by atoms with E-state index < -0.39 is 0 Å². The minimum absolute atomic E-state index is 0.318. The van der Waals surface area contributed by atoms with E-state index in [2.05, 4.69) is 34.1 Å². The molecule has 112 valence electrons. The quantitative estimate of drug-likeness (QED) is 0.389. The van der Waals surface area contributed by atoms with E-state index in [9.17, 15) is 4.79 Å². The number of carbonyl (C=O) groups excluding carboxylic acids is 1. The van der Waals surface area contributed by atoms with Crippen LogP contribution in [-0.2, 0) is 16.0 Å². The van der Waals surface area contributed by atoms with Gasteiger partial charge in [-0.05, 0) is 52.5 Å². The maximum absolute atomic E-state index is 9.60. The van der Waals surface area contributed by atoms with Crippen LogP contribution in [0.2, 0.25) is 0 Å². The largest absolute Gasteiger partial charge is 0.462 e. The van der Waals surface area contributed by atoms with Crippen molar-refractivity contribution in [2.24, 2.45) is 10.9 Å². The minimum atomic E-state index is -0.318.